The fraction of sp³-hybridized carbons (Fsp3) is 0.133. The number of benzene rings is 2. The Bertz CT molecular complexity index is 662. The molecule has 2 aromatic rings. The van der Waals surface area contributed by atoms with Crippen LogP contribution in [-0.2, 0) is 4.79 Å². The van der Waals surface area contributed by atoms with E-state index in [2.05, 4.69) is 5.32 Å². The Labute approximate surface area is 120 Å². The first-order valence-corrected chi connectivity index (χ1v) is 6.16. The Morgan fingerprint density at radius 3 is 2.48 bits per heavy atom. The predicted molar refractivity (Wildman–Crippen MR) is 74.9 cm³/mol. The van der Waals surface area contributed by atoms with Gasteiger partial charge in [0, 0.05) is 0 Å². The van der Waals surface area contributed by atoms with Gasteiger partial charge in [-0.15, -0.1) is 0 Å². The average molecular weight is 292 g/mol. The number of hydrogen-bond acceptors (Lipinski definition) is 3. The highest BCUT2D eigenvalue weighted by atomic mass is 19.1. The van der Waals surface area contributed by atoms with Gasteiger partial charge in [0.05, 0.1) is 12.8 Å². The van der Waals surface area contributed by atoms with E-state index >= 15 is 0 Å². The van der Waals surface area contributed by atoms with Crippen LogP contribution in [0.5, 0.6) is 5.75 Å². The Hall–Kier alpha value is -2.63. The highest BCUT2D eigenvalue weighted by Crippen LogP contribution is 2.25. The molecule has 1 amide bonds. The molecule has 110 valence electrons. The minimum Gasteiger partial charge on any atom is -0.494 e. The molecule has 6 heteroatoms. The van der Waals surface area contributed by atoms with E-state index in [4.69, 9.17) is 10.5 Å². The normalized spacial score (nSPS) is 11.8. The van der Waals surface area contributed by atoms with Crippen molar-refractivity contribution in [3.05, 3.63) is 59.7 Å². The van der Waals surface area contributed by atoms with Crippen molar-refractivity contribution in [3.63, 3.8) is 0 Å². The van der Waals surface area contributed by atoms with Gasteiger partial charge in [-0.1, -0.05) is 18.2 Å². The molecule has 0 spiro atoms. The van der Waals surface area contributed by atoms with Gasteiger partial charge in [-0.25, -0.2) is 8.78 Å². The average Bonchev–Trinajstić information content (AvgIpc) is 2.46. The van der Waals surface area contributed by atoms with E-state index in [1.807, 2.05) is 0 Å². The maximum Gasteiger partial charge on any atom is 0.244 e. The van der Waals surface area contributed by atoms with E-state index in [0.717, 1.165) is 6.07 Å². The summed E-state index contributed by atoms with van der Waals surface area (Å²) in [5.41, 5.74) is 5.70. The number of nitrogens with one attached hydrogen (secondary N) is 1. The number of carbonyl (C=O) groups is 1. The van der Waals surface area contributed by atoms with Crippen molar-refractivity contribution < 1.29 is 18.3 Å². The molecule has 1 unspecified atom stereocenters. The van der Waals surface area contributed by atoms with Crippen LogP contribution in [-0.4, -0.2) is 13.0 Å². The standard InChI is InChI=1S/C15H14F2N2O2/c1-21-13-7-6-9(8-11(13)17)14(15(18)20)19-12-5-3-2-4-10(12)16/h2-8,14,19H,1H3,(H2,18,20). The Kier molecular flexibility index (Phi) is 4.37. The fourth-order valence-electron chi connectivity index (χ4n) is 1.91. The molecule has 0 aromatic heterocycles. The molecule has 21 heavy (non-hydrogen) atoms. The maximum absolute atomic E-state index is 13.7. The Morgan fingerprint density at radius 2 is 1.90 bits per heavy atom. The zero-order valence-corrected chi connectivity index (χ0v) is 11.3. The number of carbonyl (C=O) groups excluding carboxylic acids is 1. The zero-order valence-electron chi connectivity index (χ0n) is 11.3. The van der Waals surface area contributed by atoms with Gasteiger partial charge in [0.2, 0.25) is 5.91 Å². The first kappa shape index (κ1) is 14.8. The van der Waals surface area contributed by atoms with Crippen LogP contribution < -0.4 is 15.8 Å². The highest BCUT2D eigenvalue weighted by Gasteiger charge is 2.20. The third-order valence-corrected chi connectivity index (χ3v) is 2.97. The smallest absolute Gasteiger partial charge is 0.244 e. The number of para-hydroxylation sites is 1. The molecule has 3 N–H and O–H groups in total. The summed E-state index contributed by atoms with van der Waals surface area (Å²) in [5.74, 6) is -1.86. The molecule has 0 aliphatic carbocycles. The van der Waals surface area contributed by atoms with Crippen LogP contribution in [0.4, 0.5) is 14.5 Å². The molecule has 0 aliphatic rings. The summed E-state index contributed by atoms with van der Waals surface area (Å²) in [6.45, 7) is 0. The van der Waals surface area contributed by atoms with Crippen LogP contribution in [0.3, 0.4) is 0 Å². The van der Waals surface area contributed by atoms with Crippen molar-refractivity contribution in [2.24, 2.45) is 5.73 Å². The lowest BCUT2D eigenvalue weighted by Gasteiger charge is -2.18. The molecular weight excluding hydrogens is 278 g/mol. The van der Waals surface area contributed by atoms with Crippen LogP contribution in [0.15, 0.2) is 42.5 Å². The maximum atomic E-state index is 13.7. The largest absolute Gasteiger partial charge is 0.494 e. The van der Waals surface area contributed by atoms with Gasteiger partial charge in [-0.3, -0.25) is 4.79 Å². The van der Waals surface area contributed by atoms with Crippen LogP contribution in [0.1, 0.15) is 11.6 Å². The van der Waals surface area contributed by atoms with Gasteiger partial charge >= 0.3 is 0 Å². The van der Waals surface area contributed by atoms with Crippen LogP contribution in [0.2, 0.25) is 0 Å². The second-order valence-corrected chi connectivity index (χ2v) is 4.35. The molecule has 0 heterocycles. The molecule has 2 aromatic carbocycles. The summed E-state index contributed by atoms with van der Waals surface area (Å²) in [5, 5.41) is 2.67. The molecule has 4 nitrogen and oxygen atoms in total. The summed E-state index contributed by atoms with van der Waals surface area (Å²) < 4.78 is 32.1. The summed E-state index contributed by atoms with van der Waals surface area (Å²) in [7, 11) is 1.33. The van der Waals surface area contributed by atoms with Gasteiger partial charge in [0.1, 0.15) is 11.9 Å². The van der Waals surface area contributed by atoms with E-state index in [1.54, 1.807) is 6.07 Å². The first-order valence-electron chi connectivity index (χ1n) is 6.16. The minimum atomic E-state index is -1.05. The lowest BCUT2D eigenvalue weighted by molar-refractivity contribution is -0.118. The monoisotopic (exact) mass is 292 g/mol. The SMILES string of the molecule is COc1ccc(C(Nc2ccccc2F)C(N)=O)cc1F. The second-order valence-electron chi connectivity index (χ2n) is 4.35. The quantitative estimate of drug-likeness (QED) is 0.890. The Balaban J connectivity index is 2.34. The molecular formula is C15H14F2N2O2. The van der Waals surface area contributed by atoms with E-state index in [-0.39, 0.29) is 17.0 Å². The number of rotatable bonds is 5. The van der Waals surface area contributed by atoms with Crippen LogP contribution >= 0.6 is 0 Å². The van der Waals surface area contributed by atoms with Crippen LogP contribution in [0.25, 0.3) is 0 Å². The summed E-state index contributed by atoms with van der Waals surface area (Å²) >= 11 is 0. The number of anilines is 1. The number of amides is 1. The van der Waals surface area contributed by atoms with Crippen molar-refractivity contribution in [3.8, 4) is 5.75 Å². The van der Waals surface area contributed by atoms with Gasteiger partial charge < -0.3 is 15.8 Å². The second kappa shape index (κ2) is 6.21. The topological polar surface area (TPSA) is 64.3 Å². The number of primary amides is 1. The molecule has 0 bridgehead atoms. The summed E-state index contributed by atoms with van der Waals surface area (Å²) in [6, 6.07) is 8.78. The lowest BCUT2D eigenvalue weighted by atomic mass is 10.1. The third-order valence-electron chi connectivity index (χ3n) is 2.97. The number of methoxy groups -OCH3 is 1. The Morgan fingerprint density at radius 1 is 1.19 bits per heavy atom. The van der Waals surface area contributed by atoms with Crippen molar-refractivity contribution >= 4 is 11.6 Å². The number of hydrogen-bond donors (Lipinski definition) is 2. The summed E-state index contributed by atoms with van der Waals surface area (Å²) in [4.78, 5) is 11.6. The molecule has 0 fully saturated rings. The van der Waals surface area contributed by atoms with E-state index in [9.17, 15) is 13.6 Å². The number of ether oxygens (including phenoxy) is 1. The molecule has 0 saturated carbocycles. The highest BCUT2D eigenvalue weighted by molar-refractivity contribution is 5.84. The zero-order chi connectivity index (χ0) is 15.4. The van der Waals surface area contributed by atoms with Crippen molar-refractivity contribution in [2.45, 2.75) is 6.04 Å². The van der Waals surface area contributed by atoms with Crippen LogP contribution in [0, 0.1) is 11.6 Å². The molecule has 0 saturated heterocycles. The third kappa shape index (κ3) is 3.28. The van der Waals surface area contributed by atoms with E-state index in [1.165, 1.54) is 37.4 Å². The van der Waals surface area contributed by atoms with E-state index in [0.29, 0.717) is 0 Å². The van der Waals surface area contributed by atoms with Gasteiger partial charge in [0.15, 0.2) is 11.6 Å². The molecule has 1 atom stereocenters. The first-order chi connectivity index (χ1) is 10.0. The van der Waals surface area contributed by atoms with Gasteiger partial charge in [-0.05, 0) is 29.8 Å². The van der Waals surface area contributed by atoms with Gasteiger partial charge in [0.25, 0.3) is 0 Å². The number of halogens is 2. The van der Waals surface area contributed by atoms with Gasteiger partial charge in [-0.2, -0.15) is 0 Å². The predicted octanol–water partition coefficient (Wildman–Crippen LogP) is 2.61. The summed E-state index contributed by atoms with van der Waals surface area (Å²) in [6.07, 6.45) is 0. The van der Waals surface area contributed by atoms with Crippen molar-refractivity contribution in [2.75, 3.05) is 12.4 Å². The van der Waals surface area contributed by atoms with Crippen molar-refractivity contribution in [1.29, 1.82) is 0 Å². The van der Waals surface area contributed by atoms with E-state index < -0.39 is 23.6 Å². The fourth-order valence-corrected chi connectivity index (χ4v) is 1.91. The number of nitrogens with two attached hydrogens (primary N) is 1. The molecule has 2 rings (SSSR count). The molecule has 0 radical (unpaired) electrons. The lowest BCUT2D eigenvalue weighted by Crippen LogP contribution is -2.28. The molecule has 0 aliphatic heterocycles. The minimum absolute atomic E-state index is 0.0489. The van der Waals surface area contributed by atoms with Crippen molar-refractivity contribution in [1.82, 2.24) is 0 Å².